The number of hydrogen-bond donors (Lipinski definition) is 2. The fourth-order valence-corrected chi connectivity index (χ4v) is 1.30. The second kappa shape index (κ2) is 7.50. The van der Waals surface area contributed by atoms with E-state index in [0.717, 1.165) is 0 Å². The van der Waals surface area contributed by atoms with Crippen LogP contribution in [0.1, 0.15) is 17.3 Å². The molecule has 0 saturated carbocycles. The molecule has 0 saturated heterocycles. The fourth-order valence-electron chi connectivity index (χ4n) is 1.21. The summed E-state index contributed by atoms with van der Waals surface area (Å²) in [7, 11) is 0. The third-order valence-corrected chi connectivity index (χ3v) is 2.13. The Labute approximate surface area is 110 Å². The molecule has 0 bridgehead atoms. The molecule has 2 amide bonds. The summed E-state index contributed by atoms with van der Waals surface area (Å²) < 4.78 is 4.87. The highest BCUT2D eigenvalue weighted by atomic mass is 35.5. The third-order valence-electron chi connectivity index (χ3n) is 1.94. The number of carbonyl (C=O) groups excluding carboxylic acids is 2. The first kappa shape index (κ1) is 14.2. The van der Waals surface area contributed by atoms with Crippen molar-refractivity contribution < 1.29 is 14.3 Å². The van der Waals surface area contributed by atoms with E-state index in [9.17, 15) is 9.59 Å². The molecule has 98 valence electrons. The maximum Gasteiger partial charge on any atom is 0.340 e. The van der Waals surface area contributed by atoms with Crippen LogP contribution < -0.4 is 10.6 Å². The molecular weight excluding hydrogens is 258 g/mol. The summed E-state index contributed by atoms with van der Waals surface area (Å²) in [6.07, 6.45) is 2.83. The average Bonchev–Trinajstić information content (AvgIpc) is 2.37. The molecule has 7 heteroatoms. The standard InChI is InChI=1S/C11H14ClN3O3/c1-2-18-10(16)8-3-5-13-7-9(8)15-11(17)14-6-4-12/h3,5,7H,2,4,6H2,1H3,(H2,14,15,17). The summed E-state index contributed by atoms with van der Waals surface area (Å²) in [4.78, 5) is 26.9. The van der Waals surface area contributed by atoms with Crippen molar-refractivity contribution in [1.82, 2.24) is 10.3 Å². The molecule has 0 aliphatic carbocycles. The maximum absolute atomic E-state index is 11.6. The molecule has 1 rings (SSSR count). The van der Waals surface area contributed by atoms with E-state index in [4.69, 9.17) is 16.3 Å². The Morgan fingerprint density at radius 1 is 1.50 bits per heavy atom. The van der Waals surface area contributed by atoms with Crippen molar-refractivity contribution in [3.63, 3.8) is 0 Å². The van der Waals surface area contributed by atoms with Gasteiger partial charge < -0.3 is 15.4 Å². The number of nitrogens with zero attached hydrogens (tertiary/aromatic N) is 1. The van der Waals surface area contributed by atoms with Crippen LogP contribution in [0.4, 0.5) is 10.5 Å². The number of aromatic nitrogens is 1. The first-order chi connectivity index (χ1) is 8.69. The van der Waals surface area contributed by atoms with Crippen LogP contribution in [-0.2, 0) is 4.74 Å². The van der Waals surface area contributed by atoms with Gasteiger partial charge in [-0.3, -0.25) is 4.98 Å². The van der Waals surface area contributed by atoms with Crippen LogP contribution in [0.5, 0.6) is 0 Å². The molecule has 1 aromatic rings. The number of carbonyl (C=O) groups is 2. The molecule has 18 heavy (non-hydrogen) atoms. The Bertz CT molecular complexity index is 426. The van der Waals surface area contributed by atoms with E-state index in [1.807, 2.05) is 0 Å². The van der Waals surface area contributed by atoms with Gasteiger partial charge in [-0.25, -0.2) is 9.59 Å². The van der Waals surface area contributed by atoms with Crippen LogP contribution in [0.25, 0.3) is 0 Å². The molecule has 0 aliphatic heterocycles. The van der Waals surface area contributed by atoms with Crippen LogP contribution >= 0.6 is 11.6 Å². The van der Waals surface area contributed by atoms with Gasteiger partial charge >= 0.3 is 12.0 Å². The largest absolute Gasteiger partial charge is 0.462 e. The number of nitrogens with one attached hydrogen (secondary N) is 2. The van der Waals surface area contributed by atoms with E-state index in [1.54, 1.807) is 6.92 Å². The molecule has 0 unspecified atom stereocenters. The lowest BCUT2D eigenvalue weighted by atomic mass is 10.2. The minimum atomic E-state index is -0.507. The molecule has 0 aliphatic rings. The van der Waals surface area contributed by atoms with E-state index in [1.165, 1.54) is 18.5 Å². The van der Waals surface area contributed by atoms with Crippen LogP contribution in [0, 0.1) is 0 Å². The van der Waals surface area contributed by atoms with Gasteiger partial charge in [-0.15, -0.1) is 11.6 Å². The van der Waals surface area contributed by atoms with Gasteiger partial charge in [0.1, 0.15) is 0 Å². The van der Waals surface area contributed by atoms with E-state index in [0.29, 0.717) is 18.1 Å². The fraction of sp³-hybridized carbons (Fsp3) is 0.364. The average molecular weight is 272 g/mol. The third kappa shape index (κ3) is 4.21. The Kier molecular flexibility index (Phi) is 5.93. The van der Waals surface area contributed by atoms with Crippen LogP contribution in [0.3, 0.4) is 0 Å². The summed E-state index contributed by atoms with van der Waals surface area (Å²) >= 11 is 5.44. The monoisotopic (exact) mass is 271 g/mol. The van der Waals surface area contributed by atoms with Crippen molar-refractivity contribution >= 4 is 29.3 Å². The van der Waals surface area contributed by atoms with Gasteiger partial charge in [0.05, 0.1) is 24.1 Å². The zero-order valence-electron chi connectivity index (χ0n) is 9.90. The van der Waals surface area contributed by atoms with Gasteiger partial charge in [0.25, 0.3) is 0 Å². The number of rotatable bonds is 5. The number of pyridine rings is 1. The summed E-state index contributed by atoms with van der Waals surface area (Å²) in [5.41, 5.74) is 0.552. The lowest BCUT2D eigenvalue weighted by Crippen LogP contribution is -2.30. The lowest BCUT2D eigenvalue weighted by Gasteiger charge is -2.10. The molecular formula is C11H14ClN3O3. The first-order valence-corrected chi connectivity index (χ1v) is 5.94. The first-order valence-electron chi connectivity index (χ1n) is 5.41. The van der Waals surface area contributed by atoms with Gasteiger partial charge in [0.15, 0.2) is 0 Å². The number of amides is 2. The van der Waals surface area contributed by atoms with Gasteiger partial charge in [0.2, 0.25) is 0 Å². The van der Waals surface area contributed by atoms with Crippen molar-refractivity contribution in [3.8, 4) is 0 Å². The second-order valence-corrected chi connectivity index (χ2v) is 3.59. The summed E-state index contributed by atoms with van der Waals surface area (Å²) in [5, 5.41) is 5.03. The maximum atomic E-state index is 11.6. The molecule has 0 aromatic carbocycles. The van der Waals surface area contributed by atoms with Gasteiger partial charge in [-0.2, -0.15) is 0 Å². The Morgan fingerprint density at radius 2 is 2.28 bits per heavy atom. The number of anilines is 1. The molecule has 1 heterocycles. The minimum Gasteiger partial charge on any atom is -0.462 e. The highest BCUT2D eigenvalue weighted by Crippen LogP contribution is 2.14. The predicted molar refractivity (Wildman–Crippen MR) is 67.9 cm³/mol. The van der Waals surface area contributed by atoms with E-state index in [-0.39, 0.29) is 12.2 Å². The Hall–Kier alpha value is -1.82. The van der Waals surface area contributed by atoms with Crippen molar-refractivity contribution in [2.75, 3.05) is 24.3 Å². The highest BCUT2D eigenvalue weighted by Gasteiger charge is 2.13. The molecule has 0 spiro atoms. The zero-order chi connectivity index (χ0) is 13.4. The van der Waals surface area contributed by atoms with Crippen molar-refractivity contribution in [2.45, 2.75) is 6.92 Å². The molecule has 0 radical (unpaired) electrons. The Morgan fingerprint density at radius 3 is 2.94 bits per heavy atom. The topological polar surface area (TPSA) is 80.3 Å². The quantitative estimate of drug-likeness (QED) is 0.630. The van der Waals surface area contributed by atoms with Gasteiger partial charge in [0, 0.05) is 18.6 Å². The molecule has 0 atom stereocenters. The molecule has 2 N–H and O–H groups in total. The number of esters is 1. The number of ether oxygens (including phenoxy) is 1. The molecule has 1 aromatic heterocycles. The normalized spacial score (nSPS) is 9.67. The Balaban J connectivity index is 2.76. The number of halogens is 1. The summed E-state index contributed by atoms with van der Waals surface area (Å²) in [5.74, 6) is -0.196. The summed E-state index contributed by atoms with van der Waals surface area (Å²) in [6.45, 7) is 2.31. The second-order valence-electron chi connectivity index (χ2n) is 3.21. The number of hydrogen-bond acceptors (Lipinski definition) is 4. The van der Waals surface area contributed by atoms with E-state index < -0.39 is 12.0 Å². The molecule has 0 fully saturated rings. The van der Waals surface area contributed by atoms with Crippen LogP contribution in [0.2, 0.25) is 0 Å². The van der Waals surface area contributed by atoms with Crippen molar-refractivity contribution in [3.05, 3.63) is 24.0 Å². The van der Waals surface area contributed by atoms with Gasteiger partial charge in [-0.1, -0.05) is 0 Å². The smallest absolute Gasteiger partial charge is 0.340 e. The van der Waals surface area contributed by atoms with E-state index >= 15 is 0 Å². The van der Waals surface area contributed by atoms with Crippen molar-refractivity contribution in [2.24, 2.45) is 0 Å². The predicted octanol–water partition coefficient (Wildman–Crippen LogP) is 1.62. The minimum absolute atomic E-state index is 0.257. The van der Waals surface area contributed by atoms with Gasteiger partial charge in [-0.05, 0) is 13.0 Å². The zero-order valence-corrected chi connectivity index (χ0v) is 10.7. The van der Waals surface area contributed by atoms with Crippen LogP contribution in [0.15, 0.2) is 18.5 Å². The van der Waals surface area contributed by atoms with E-state index in [2.05, 4.69) is 15.6 Å². The van der Waals surface area contributed by atoms with Crippen molar-refractivity contribution in [1.29, 1.82) is 0 Å². The SMILES string of the molecule is CCOC(=O)c1ccncc1NC(=O)NCCCl. The summed E-state index contributed by atoms with van der Waals surface area (Å²) in [6, 6.07) is 1.03. The molecule has 6 nitrogen and oxygen atoms in total. The number of urea groups is 1. The number of alkyl halides is 1. The highest BCUT2D eigenvalue weighted by molar-refractivity contribution is 6.18. The van der Waals surface area contributed by atoms with Crippen LogP contribution in [-0.4, -0.2) is 36.0 Å². The lowest BCUT2D eigenvalue weighted by molar-refractivity contribution is 0.0527.